The maximum atomic E-state index is 3.25. The highest BCUT2D eigenvalue weighted by atomic mass is 32.1. The second-order valence-corrected chi connectivity index (χ2v) is 5.56. The van der Waals surface area contributed by atoms with Gasteiger partial charge in [0.1, 0.15) is 0 Å². The maximum absolute atomic E-state index is 3.25. The maximum Gasteiger partial charge on any atom is 0.0525 e. The highest BCUT2D eigenvalue weighted by Crippen LogP contribution is 2.21. The lowest BCUT2D eigenvalue weighted by Gasteiger charge is -2.09. The van der Waals surface area contributed by atoms with Gasteiger partial charge in [0.05, 0.1) is 5.52 Å². The summed E-state index contributed by atoms with van der Waals surface area (Å²) in [6.45, 7) is 1.96. The van der Waals surface area contributed by atoms with E-state index in [9.17, 15) is 0 Å². The van der Waals surface area contributed by atoms with E-state index in [4.69, 9.17) is 0 Å². The quantitative estimate of drug-likeness (QED) is 0.748. The van der Waals surface area contributed by atoms with Crippen LogP contribution in [0.5, 0.6) is 0 Å². The number of aryl methyl sites for hydroxylation is 2. The summed E-state index contributed by atoms with van der Waals surface area (Å²) in [5, 5.41) is 8.97. The Balaban J connectivity index is 1.90. The summed E-state index contributed by atoms with van der Waals surface area (Å²) < 4.78 is 2.37. The number of hydrogen-bond donors (Lipinski definition) is 1. The van der Waals surface area contributed by atoms with Gasteiger partial charge in [0.2, 0.25) is 0 Å². The molecule has 1 aromatic carbocycles. The lowest BCUT2D eigenvalue weighted by molar-refractivity contribution is 0.717. The summed E-state index contributed by atoms with van der Waals surface area (Å²) in [5.41, 5.74) is 4.17. The third kappa shape index (κ3) is 2.57. The van der Waals surface area contributed by atoms with Gasteiger partial charge in [-0.05, 0) is 52.9 Å². The summed E-state index contributed by atoms with van der Waals surface area (Å²) in [6, 6.07) is 11.0. The van der Waals surface area contributed by atoms with E-state index in [2.05, 4.69) is 57.2 Å². The van der Waals surface area contributed by atoms with Crippen LogP contribution in [0.2, 0.25) is 0 Å². The summed E-state index contributed by atoms with van der Waals surface area (Å²) in [4.78, 5) is 0. The number of benzene rings is 1. The van der Waals surface area contributed by atoms with Crippen LogP contribution in [-0.2, 0) is 19.5 Å². The molecular weight excluding hydrogens is 252 g/mol. The molecule has 0 saturated carbocycles. The van der Waals surface area contributed by atoms with Crippen molar-refractivity contribution in [1.82, 2.24) is 9.88 Å². The zero-order chi connectivity index (χ0) is 13.1. The minimum absolute atomic E-state index is 0.916. The highest BCUT2D eigenvalue weighted by Gasteiger charge is 2.06. The third-order valence-electron chi connectivity index (χ3n) is 3.46. The molecule has 0 saturated heterocycles. The fourth-order valence-corrected chi connectivity index (χ4v) is 3.25. The molecule has 3 aromatic rings. The van der Waals surface area contributed by atoms with E-state index in [-0.39, 0.29) is 0 Å². The van der Waals surface area contributed by atoms with Crippen molar-refractivity contribution in [2.24, 2.45) is 0 Å². The molecule has 1 N–H and O–H groups in total. The largest absolute Gasteiger partial charge is 0.347 e. The molecule has 0 aliphatic carbocycles. The molecule has 98 valence electrons. The van der Waals surface area contributed by atoms with Crippen molar-refractivity contribution in [3.63, 3.8) is 0 Å². The van der Waals surface area contributed by atoms with E-state index < -0.39 is 0 Å². The minimum atomic E-state index is 0.916. The van der Waals surface area contributed by atoms with Crippen LogP contribution in [0.25, 0.3) is 10.9 Å². The van der Waals surface area contributed by atoms with Gasteiger partial charge >= 0.3 is 0 Å². The van der Waals surface area contributed by atoms with Crippen molar-refractivity contribution in [2.45, 2.75) is 19.5 Å². The summed E-state index contributed by atoms with van der Waals surface area (Å²) in [5.74, 6) is 0. The lowest BCUT2D eigenvalue weighted by Crippen LogP contribution is -2.08. The van der Waals surface area contributed by atoms with Crippen molar-refractivity contribution < 1.29 is 0 Å². The van der Waals surface area contributed by atoms with Crippen LogP contribution in [0.15, 0.2) is 47.3 Å². The van der Waals surface area contributed by atoms with Crippen LogP contribution in [0.3, 0.4) is 0 Å². The molecule has 2 heterocycles. The first-order chi connectivity index (χ1) is 9.38. The predicted octanol–water partition coefficient (Wildman–Crippen LogP) is 3.66. The van der Waals surface area contributed by atoms with Crippen LogP contribution in [0.4, 0.5) is 0 Å². The zero-order valence-corrected chi connectivity index (χ0v) is 11.9. The average Bonchev–Trinajstić information content (AvgIpc) is 3.06. The number of nitrogens with one attached hydrogen (secondary N) is 1. The molecule has 0 spiro atoms. The smallest absolute Gasteiger partial charge is 0.0525 e. The van der Waals surface area contributed by atoms with Crippen molar-refractivity contribution >= 4 is 22.2 Å². The molecule has 2 aromatic heterocycles. The van der Waals surface area contributed by atoms with Crippen molar-refractivity contribution in [3.05, 3.63) is 58.4 Å². The van der Waals surface area contributed by atoms with Gasteiger partial charge in [0.25, 0.3) is 0 Å². The molecule has 0 aliphatic heterocycles. The summed E-state index contributed by atoms with van der Waals surface area (Å²) in [6.07, 6.45) is 3.30. The molecule has 0 bridgehead atoms. The first-order valence-electron chi connectivity index (χ1n) is 6.61. The number of nitrogens with zero attached hydrogens (tertiary/aromatic N) is 1. The molecule has 3 rings (SSSR count). The van der Waals surface area contributed by atoms with Gasteiger partial charge in [-0.2, -0.15) is 11.3 Å². The molecule has 0 atom stereocenters. The number of para-hydroxylation sites is 1. The standard InChI is InChI=1S/C16H18N2S/c1-17-11-15-4-2-3-14-6-9-18(16(14)15)8-5-13-7-10-19-12-13/h2-4,6-7,9-10,12,17H,5,8,11H2,1H3. The second-order valence-electron chi connectivity index (χ2n) is 4.78. The third-order valence-corrected chi connectivity index (χ3v) is 4.19. The van der Waals surface area contributed by atoms with E-state index in [1.54, 1.807) is 11.3 Å². The first-order valence-corrected chi connectivity index (χ1v) is 7.55. The molecule has 0 unspecified atom stereocenters. The van der Waals surface area contributed by atoms with Crippen LogP contribution in [0, 0.1) is 0 Å². The second kappa shape index (κ2) is 5.59. The molecule has 0 radical (unpaired) electrons. The molecule has 19 heavy (non-hydrogen) atoms. The van der Waals surface area contributed by atoms with Gasteiger partial charge < -0.3 is 9.88 Å². The van der Waals surface area contributed by atoms with Gasteiger partial charge in [-0.15, -0.1) is 0 Å². The van der Waals surface area contributed by atoms with Crippen molar-refractivity contribution in [3.8, 4) is 0 Å². The Morgan fingerprint density at radius 1 is 1.21 bits per heavy atom. The monoisotopic (exact) mass is 270 g/mol. The molecule has 3 heteroatoms. The number of fused-ring (bicyclic) bond motifs is 1. The SMILES string of the molecule is CNCc1cccc2ccn(CCc3ccsc3)c12. The number of hydrogen-bond acceptors (Lipinski definition) is 2. The summed E-state index contributed by atoms with van der Waals surface area (Å²) >= 11 is 1.77. The Hall–Kier alpha value is -1.58. The van der Waals surface area contributed by atoms with Crippen LogP contribution in [-0.4, -0.2) is 11.6 Å². The van der Waals surface area contributed by atoms with E-state index >= 15 is 0 Å². The van der Waals surface area contributed by atoms with Crippen molar-refractivity contribution in [2.75, 3.05) is 7.05 Å². The van der Waals surface area contributed by atoms with Crippen molar-refractivity contribution in [1.29, 1.82) is 0 Å². The number of aromatic nitrogens is 1. The van der Waals surface area contributed by atoms with Gasteiger partial charge in [0, 0.05) is 19.3 Å². The topological polar surface area (TPSA) is 17.0 Å². The minimum Gasteiger partial charge on any atom is -0.347 e. The van der Waals surface area contributed by atoms with E-state index in [0.717, 1.165) is 19.5 Å². The molecule has 0 aliphatic rings. The Morgan fingerprint density at radius 3 is 2.95 bits per heavy atom. The van der Waals surface area contributed by atoms with Crippen LogP contribution in [0.1, 0.15) is 11.1 Å². The van der Waals surface area contributed by atoms with Gasteiger partial charge in [0.15, 0.2) is 0 Å². The Morgan fingerprint density at radius 2 is 2.16 bits per heavy atom. The molecule has 0 amide bonds. The predicted molar refractivity (Wildman–Crippen MR) is 82.7 cm³/mol. The van der Waals surface area contributed by atoms with E-state index in [0.29, 0.717) is 0 Å². The average molecular weight is 270 g/mol. The fraction of sp³-hybridized carbons (Fsp3) is 0.250. The van der Waals surface area contributed by atoms with Gasteiger partial charge in [-0.1, -0.05) is 18.2 Å². The molecule has 2 nitrogen and oxygen atoms in total. The van der Waals surface area contributed by atoms with Crippen LogP contribution >= 0.6 is 11.3 Å². The highest BCUT2D eigenvalue weighted by molar-refractivity contribution is 7.07. The number of thiophene rings is 1. The van der Waals surface area contributed by atoms with Gasteiger partial charge in [-0.25, -0.2) is 0 Å². The Bertz CT molecular complexity index is 653. The molecular formula is C16H18N2S. The Labute approximate surface area is 117 Å². The normalized spacial score (nSPS) is 11.2. The van der Waals surface area contributed by atoms with Gasteiger partial charge in [-0.3, -0.25) is 0 Å². The van der Waals surface area contributed by atoms with Crippen LogP contribution < -0.4 is 5.32 Å². The first kappa shape index (κ1) is 12.5. The Kier molecular flexibility index (Phi) is 3.67. The number of rotatable bonds is 5. The molecule has 0 fully saturated rings. The lowest BCUT2D eigenvalue weighted by atomic mass is 10.1. The zero-order valence-electron chi connectivity index (χ0n) is 11.1. The summed E-state index contributed by atoms with van der Waals surface area (Å²) in [7, 11) is 2.00. The van der Waals surface area contributed by atoms with E-state index in [1.165, 1.54) is 22.0 Å². The fourth-order valence-electron chi connectivity index (χ4n) is 2.54. The van der Waals surface area contributed by atoms with E-state index in [1.807, 2.05) is 7.05 Å².